The van der Waals surface area contributed by atoms with Crippen molar-refractivity contribution in [1.82, 2.24) is 4.90 Å². The molecular formula is C19H18FNO3. The van der Waals surface area contributed by atoms with Gasteiger partial charge < -0.3 is 14.4 Å². The predicted molar refractivity (Wildman–Crippen MR) is 86.8 cm³/mol. The zero-order chi connectivity index (χ0) is 16.5. The Morgan fingerprint density at radius 1 is 1.08 bits per heavy atom. The number of nitrogens with zero attached hydrogens (tertiary/aromatic N) is 1. The largest absolute Gasteiger partial charge is 0.486 e. The van der Waals surface area contributed by atoms with Gasteiger partial charge in [-0.05, 0) is 42.7 Å². The van der Waals surface area contributed by atoms with Crippen molar-refractivity contribution in [2.45, 2.75) is 18.9 Å². The first kappa shape index (κ1) is 15.0. The molecule has 0 spiro atoms. The number of amides is 1. The Hall–Kier alpha value is -2.56. The molecule has 2 aliphatic rings. The van der Waals surface area contributed by atoms with Gasteiger partial charge in [-0.1, -0.05) is 18.2 Å². The number of rotatable bonds is 2. The van der Waals surface area contributed by atoms with E-state index in [-0.39, 0.29) is 17.5 Å². The van der Waals surface area contributed by atoms with Crippen LogP contribution in [0.4, 0.5) is 4.39 Å². The van der Waals surface area contributed by atoms with Gasteiger partial charge in [-0.25, -0.2) is 4.39 Å². The second-order valence-electron chi connectivity index (χ2n) is 6.04. The normalized spacial score (nSPS) is 19.4. The number of likely N-dealkylation sites (tertiary alicyclic amines) is 1. The molecule has 0 N–H and O–H groups in total. The Kier molecular flexibility index (Phi) is 3.84. The molecule has 0 radical (unpaired) electrons. The maximum absolute atomic E-state index is 14.0. The summed E-state index contributed by atoms with van der Waals surface area (Å²) in [6.07, 6.45) is 1.76. The average Bonchev–Trinajstić information content (AvgIpc) is 3.11. The van der Waals surface area contributed by atoms with E-state index in [2.05, 4.69) is 0 Å². The number of benzene rings is 2. The number of halogens is 1. The van der Waals surface area contributed by atoms with Gasteiger partial charge in [0.25, 0.3) is 5.91 Å². The topological polar surface area (TPSA) is 38.8 Å². The summed E-state index contributed by atoms with van der Waals surface area (Å²) in [6, 6.07) is 11.9. The lowest BCUT2D eigenvalue weighted by atomic mass is 10.0. The van der Waals surface area contributed by atoms with Gasteiger partial charge in [0.2, 0.25) is 0 Å². The molecule has 1 amide bonds. The number of carbonyl (C=O) groups is 1. The summed E-state index contributed by atoms with van der Waals surface area (Å²) in [7, 11) is 0. The van der Waals surface area contributed by atoms with Gasteiger partial charge >= 0.3 is 0 Å². The van der Waals surface area contributed by atoms with Gasteiger partial charge in [0.05, 0.1) is 11.6 Å². The Labute approximate surface area is 139 Å². The van der Waals surface area contributed by atoms with E-state index in [1.165, 1.54) is 12.1 Å². The average molecular weight is 327 g/mol. The lowest BCUT2D eigenvalue weighted by Crippen LogP contribution is -2.31. The molecule has 1 unspecified atom stereocenters. The van der Waals surface area contributed by atoms with Crippen LogP contribution in [0.1, 0.15) is 34.8 Å². The molecule has 0 aliphatic carbocycles. The smallest absolute Gasteiger partial charge is 0.257 e. The first-order chi connectivity index (χ1) is 11.7. The molecule has 5 heteroatoms. The molecule has 2 heterocycles. The molecule has 1 fully saturated rings. The van der Waals surface area contributed by atoms with E-state index in [4.69, 9.17) is 9.47 Å². The highest BCUT2D eigenvalue weighted by Crippen LogP contribution is 2.38. The van der Waals surface area contributed by atoms with Gasteiger partial charge in [0.1, 0.15) is 19.0 Å². The van der Waals surface area contributed by atoms with Crippen molar-refractivity contribution in [2.75, 3.05) is 19.8 Å². The van der Waals surface area contributed by atoms with E-state index < -0.39 is 5.82 Å². The molecule has 24 heavy (non-hydrogen) atoms. The quantitative estimate of drug-likeness (QED) is 0.846. The van der Waals surface area contributed by atoms with Crippen molar-refractivity contribution in [1.29, 1.82) is 0 Å². The van der Waals surface area contributed by atoms with E-state index in [9.17, 15) is 9.18 Å². The van der Waals surface area contributed by atoms with Crippen LogP contribution in [0.25, 0.3) is 0 Å². The van der Waals surface area contributed by atoms with Crippen LogP contribution in [0.2, 0.25) is 0 Å². The van der Waals surface area contributed by atoms with Crippen molar-refractivity contribution in [3.63, 3.8) is 0 Å². The standard InChI is InChI=1S/C19H18FNO3/c20-15-5-2-1-4-14(15)19(22)21-9-3-6-16(21)13-7-8-17-18(12-13)24-11-10-23-17/h1-2,4-5,7-8,12,16H,3,6,9-11H2. The van der Waals surface area contributed by atoms with Crippen LogP contribution in [0.5, 0.6) is 11.5 Å². The monoisotopic (exact) mass is 327 g/mol. The van der Waals surface area contributed by atoms with Crippen molar-refractivity contribution >= 4 is 5.91 Å². The van der Waals surface area contributed by atoms with E-state index in [1.54, 1.807) is 17.0 Å². The van der Waals surface area contributed by atoms with Crippen LogP contribution < -0.4 is 9.47 Å². The van der Waals surface area contributed by atoms with Gasteiger partial charge in [0.15, 0.2) is 11.5 Å². The number of ether oxygens (including phenoxy) is 2. The molecule has 2 aromatic carbocycles. The molecular weight excluding hydrogens is 309 g/mol. The van der Waals surface area contributed by atoms with E-state index >= 15 is 0 Å². The lowest BCUT2D eigenvalue weighted by molar-refractivity contribution is 0.0730. The fourth-order valence-corrected chi connectivity index (χ4v) is 3.41. The van der Waals surface area contributed by atoms with Gasteiger partial charge in [-0.2, -0.15) is 0 Å². The Balaban J connectivity index is 1.63. The fourth-order valence-electron chi connectivity index (χ4n) is 3.41. The third-order valence-electron chi connectivity index (χ3n) is 4.57. The summed E-state index contributed by atoms with van der Waals surface area (Å²) in [5.41, 5.74) is 1.13. The minimum Gasteiger partial charge on any atom is -0.486 e. The van der Waals surface area contributed by atoms with Crippen LogP contribution in [0.3, 0.4) is 0 Å². The minimum atomic E-state index is -0.477. The van der Waals surface area contributed by atoms with Gasteiger partial charge in [-0.15, -0.1) is 0 Å². The molecule has 0 aromatic heterocycles. The summed E-state index contributed by atoms with van der Waals surface area (Å²) in [5.74, 6) is 0.708. The molecule has 1 atom stereocenters. The van der Waals surface area contributed by atoms with Crippen molar-refractivity contribution in [3.05, 3.63) is 59.4 Å². The van der Waals surface area contributed by atoms with E-state index in [0.29, 0.717) is 25.5 Å². The molecule has 2 aromatic rings. The summed E-state index contributed by atoms with van der Waals surface area (Å²) >= 11 is 0. The third kappa shape index (κ3) is 2.60. The van der Waals surface area contributed by atoms with Crippen LogP contribution in [0, 0.1) is 5.82 Å². The summed E-state index contributed by atoms with van der Waals surface area (Å²) in [4.78, 5) is 14.5. The van der Waals surface area contributed by atoms with Crippen molar-refractivity contribution in [2.24, 2.45) is 0 Å². The molecule has 0 saturated carbocycles. The highest BCUT2D eigenvalue weighted by atomic mass is 19.1. The zero-order valence-corrected chi connectivity index (χ0v) is 13.2. The second-order valence-corrected chi connectivity index (χ2v) is 6.04. The maximum Gasteiger partial charge on any atom is 0.257 e. The summed E-state index contributed by atoms with van der Waals surface area (Å²) < 4.78 is 25.1. The molecule has 0 bridgehead atoms. The van der Waals surface area contributed by atoms with Gasteiger partial charge in [-0.3, -0.25) is 4.79 Å². The third-order valence-corrected chi connectivity index (χ3v) is 4.57. The van der Waals surface area contributed by atoms with Crippen LogP contribution in [-0.4, -0.2) is 30.6 Å². The van der Waals surface area contributed by atoms with Crippen LogP contribution in [-0.2, 0) is 0 Å². The highest BCUT2D eigenvalue weighted by Gasteiger charge is 2.32. The molecule has 4 nitrogen and oxygen atoms in total. The summed E-state index contributed by atoms with van der Waals surface area (Å²) in [6.45, 7) is 1.71. The number of hydrogen-bond donors (Lipinski definition) is 0. The second kappa shape index (κ2) is 6.15. The predicted octanol–water partition coefficient (Wildman–Crippen LogP) is 3.57. The fraction of sp³-hybridized carbons (Fsp3) is 0.316. The van der Waals surface area contributed by atoms with Crippen molar-refractivity contribution < 1.29 is 18.7 Å². The lowest BCUT2D eigenvalue weighted by Gasteiger charge is -2.27. The summed E-state index contributed by atoms with van der Waals surface area (Å²) in [5, 5.41) is 0. The maximum atomic E-state index is 14.0. The van der Waals surface area contributed by atoms with E-state index in [0.717, 1.165) is 24.2 Å². The van der Waals surface area contributed by atoms with Crippen LogP contribution in [0.15, 0.2) is 42.5 Å². The zero-order valence-electron chi connectivity index (χ0n) is 13.2. The van der Waals surface area contributed by atoms with Gasteiger partial charge in [0, 0.05) is 6.54 Å². The Morgan fingerprint density at radius 2 is 1.88 bits per heavy atom. The number of carbonyl (C=O) groups excluding carboxylic acids is 1. The van der Waals surface area contributed by atoms with E-state index in [1.807, 2.05) is 18.2 Å². The number of fused-ring (bicyclic) bond motifs is 1. The van der Waals surface area contributed by atoms with Crippen LogP contribution >= 0.6 is 0 Å². The Bertz CT molecular complexity index is 777. The molecule has 1 saturated heterocycles. The molecule has 4 rings (SSSR count). The number of hydrogen-bond acceptors (Lipinski definition) is 3. The first-order valence-electron chi connectivity index (χ1n) is 8.19. The first-order valence-corrected chi connectivity index (χ1v) is 8.19. The molecule has 2 aliphatic heterocycles. The minimum absolute atomic E-state index is 0.0621. The SMILES string of the molecule is O=C(c1ccccc1F)N1CCCC1c1ccc2c(c1)OCCO2. The van der Waals surface area contributed by atoms with Crippen molar-refractivity contribution in [3.8, 4) is 11.5 Å². The highest BCUT2D eigenvalue weighted by molar-refractivity contribution is 5.95. The molecule has 124 valence electrons. The Morgan fingerprint density at radius 3 is 2.71 bits per heavy atom.